The molecule has 1 aromatic heterocycles. The third-order valence-electron chi connectivity index (χ3n) is 3.16. The van der Waals surface area contributed by atoms with Crippen molar-refractivity contribution < 1.29 is 14.3 Å². The van der Waals surface area contributed by atoms with E-state index in [1.54, 1.807) is 16.6 Å². The number of nitrogens with zero attached hydrogens (tertiary/aromatic N) is 2. The maximum atomic E-state index is 12.1. The van der Waals surface area contributed by atoms with Crippen molar-refractivity contribution >= 4 is 23.3 Å². The van der Waals surface area contributed by atoms with Gasteiger partial charge in [-0.15, -0.1) is 11.3 Å². The van der Waals surface area contributed by atoms with Crippen LogP contribution in [0, 0.1) is 0 Å². The van der Waals surface area contributed by atoms with Gasteiger partial charge < -0.3 is 15.0 Å². The Morgan fingerprint density at radius 2 is 2.29 bits per heavy atom. The van der Waals surface area contributed by atoms with E-state index in [0.717, 1.165) is 12.8 Å². The second-order valence-corrected chi connectivity index (χ2v) is 6.93. The van der Waals surface area contributed by atoms with Gasteiger partial charge >= 0.3 is 6.09 Å². The fraction of sp³-hybridized carbons (Fsp3) is 0.643. The van der Waals surface area contributed by atoms with Gasteiger partial charge in [0.1, 0.15) is 10.5 Å². The third kappa shape index (κ3) is 4.42. The number of carbonyl (C=O) groups is 2. The first kappa shape index (κ1) is 15.8. The lowest BCUT2D eigenvalue weighted by Gasteiger charge is -2.28. The van der Waals surface area contributed by atoms with Gasteiger partial charge in [0.2, 0.25) is 0 Å². The van der Waals surface area contributed by atoms with Crippen molar-refractivity contribution in [3.63, 3.8) is 0 Å². The maximum Gasteiger partial charge on any atom is 0.410 e. The average molecular weight is 311 g/mol. The van der Waals surface area contributed by atoms with Crippen LogP contribution in [0.5, 0.6) is 0 Å². The fourth-order valence-electron chi connectivity index (χ4n) is 2.23. The van der Waals surface area contributed by atoms with Crippen molar-refractivity contribution in [1.82, 2.24) is 15.2 Å². The number of ether oxygens (including phenoxy) is 1. The Kier molecular flexibility index (Phi) is 4.82. The summed E-state index contributed by atoms with van der Waals surface area (Å²) in [4.78, 5) is 30.2. The minimum absolute atomic E-state index is 0.00304. The molecule has 1 saturated heterocycles. The molecule has 1 unspecified atom stereocenters. The highest BCUT2D eigenvalue weighted by molar-refractivity contribution is 7.11. The monoisotopic (exact) mass is 311 g/mol. The van der Waals surface area contributed by atoms with E-state index in [-0.39, 0.29) is 18.0 Å². The lowest BCUT2D eigenvalue weighted by Crippen LogP contribution is -2.45. The molecule has 1 atom stereocenters. The number of carbonyl (C=O) groups excluding carboxylic acids is 2. The average Bonchev–Trinajstić information content (AvgIpc) is 3.04. The van der Waals surface area contributed by atoms with E-state index in [4.69, 9.17) is 4.74 Å². The Morgan fingerprint density at radius 3 is 2.90 bits per heavy atom. The van der Waals surface area contributed by atoms with Crippen molar-refractivity contribution in [1.29, 1.82) is 0 Å². The molecule has 2 heterocycles. The summed E-state index contributed by atoms with van der Waals surface area (Å²) in [5.74, 6) is -0.145. The van der Waals surface area contributed by atoms with Crippen LogP contribution in [0.15, 0.2) is 11.7 Å². The summed E-state index contributed by atoms with van der Waals surface area (Å²) >= 11 is 1.30. The van der Waals surface area contributed by atoms with E-state index >= 15 is 0 Å². The van der Waals surface area contributed by atoms with Crippen LogP contribution in [0.1, 0.15) is 43.3 Å². The van der Waals surface area contributed by atoms with Crippen molar-refractivity contribution in [2.24, 2.45) is 0 Å². The summed E-state index contributed by atoms with van der Waals surface area (Å²) in [5, 5.41) is 2.86. The molecule has 21 heavy (non-hydrogen) atoms. The largest absolute Gasteiger partial charge is 0.444 e. The van der Waals surface area contributed by atoms with Crippen LogP contribution in [-0.2, 0) is 4.74 Å². The minimum Gasteiger partial charge on any atom is -0.444 e. The Morgan fingerprint density at radius 1 is 1.52 bits per heavy atom. The quantitative estimate of drug-likeness (QED) is 0.929. The van der Waals surface area contributed by atoms with Gasteiger partial charge in [-0.2, -0.15) is 0 Å². The van der Waals surface area contributed by atoms with Crippen molar-refractivity contribution in [3.05, 3.63) is 16.6 Å². The molecule has 1 aromatic rings. The summed E-state index contributed by atoms with van der Waals surface area (Å²) in [6.07, 6.45) is 3.04. The first-order chi connectivity index (χ1) is 9.87. The molecule has 1 aliphatic rings. The number of thiazole rings is 1. The maximum absolute atomic E-state index is 12.1. The molecule has 0 radical (unpaired) electrons. The van der Waals surface area contributed by atoms with E-state index in [2.05, 4.69) is 10.3 Å². The number of amides is 2. The van der Waals surface area contributed by atoms with Crippen LogP contribution >= 0.6 is 11.3 Å². The van der Waals surface area contributed by atoms with Gasteiger partial charge in [-0.3, -0.25) is 9.78 Å². The van der Waals surface area contributed by atoms with Gasteiger partial charge in [-0.25, -0.2) is 4.79 Å². The number of aromatic nitrogens is 1. The molecule has 0 saturated carbocycles. The van der Waals surface area contributed by atoms with Crippen LogP contribution in [0.3, 0.4) is 0 Å². The van der Waals surface area contributed by atoms with Crippen molar-refractivity contribution in [2.45, 2.75) is 45.3 Å². The predicted molar refractivity (Wildman–Crippen MR) is 80.4 cm³/mol. The first-order valence-electron chi connectivity index (χ1n) is 7.03. The van der Waals surface area contributed by atoms with E-state index in [0.29, 0.717) is 18.0 Å². The molecule has 0 spiro atoms. The molecule has 0 aliphatic carbocycles. The number of nitrogens with one attached hydrogen (secondary N) is 1. The van der Waals surface area contributed by atoms with Crippen LogP contribution in [-0.4, -0.2) is 46.6 Å². The molecule has 2 rings (SSSR count). The number of likely N-dealkylation sites (tertiary alicyclic amines) is 1. The highest BCUT2D eigenvalue weighted by atomic mass is 32.1. The Labute approximate surface area is 128 Å². The molecular weight excluding hydrogens is 290 g/mol. The van der Waals surface area contributed by atoms with E-state index in [9.17, 15) is 9.59 Å². The summed E-state index contributed by atoms with van der Waals surface area (Å²) in [7, 11) is 0. The van der Waals surface area contributed by atoms with Crippen molar-refractivity contribution in [3.8, 4) is 0 Å². The van der Waals surface area contributed by atoms with Gasteiger partial charge in [0, 0.05) is 13.1 Å². The second kappa shape index (κ2) is 6.43. The molecule has 116 valence electrons. The molecule has 0 bridgehead atoms. The summed E-state index contributed by atoms with van der Waals surface area (Å²) < 4.78 is 5.40. The van der Waals surface area contributed by atoms with Gasteiger partial charge in [-0.05, 0) is 33.6 Å². The standard InChI is InChI=1S/C14H21N3O3S/c1-14(2,3)20-13(19)17-6-4-5-10(17)7-16-12(18)11-8-15-9-21-11/h8-10H,4-7H2,1-3H3,(H,16,18). The molecule has 1 aliphatic heterocycles. The Bertz CT molecular complexity index is 496. The zero-order valence-corrected chi connectivity index (χ0v) is 13.4. The molecular formula is C14H21N3O3S. The highest BCUT2D eigenvalue weighted by Gasteiger charge is 2.32. The molecule has 1 fully saturated rings. The Hall–Kier alpha value is -1.63. The fourth-order valence-corrected chi connectivity index (χ4v) is 2.77. The van der Waals surface area contributed by atoms with Crippen LogP contribution in [0.25, 0.3) is 0 Å². The lowest BCUT2D eigenvalue weighted by atomic mass is 10.2. The van der Waals surface area contributed by atoms with E-state index in [1.165, 1.54) is 11.3 Å². The SMILES string of the molecule is CC(C)(C)OC(=O)N1CCCC1CNC(=O)c1cncs1. The predicted octanol–water partition coefficient (Wildman–Crippen LogP) is 2.27. The molecule has 7 heteroatoms. The topological polar surface area (TPSA) is 71.5 Å². The Balaban J connectivity index is 1.87. The lowest BCUT2D eigenvalue weighted by molar-refractivity contribution is 0.0225. The number of rotatable bonds is 3. The summed E-state index contributed by atoms with van der Waals surface area (Å²) in [6, 6.07) is -0.00304. The summed E-state index contributed by atoms with van der Waals surface area (Å²) in [6.45, 7) is 6.66. The van der Waals surface area contributed by atoms with E-state index < -0.39 is 5.60 Å². The zero-order chi connectivity index (χ0) is 15.5. The minimum atomic E-state index is -0.504. The zero-order valence-electron chi connectivity index (χ0n) is 12.6. The third-order valence-corrected chi connectivity index (χ3v) is 3.93. The highest BCUT2D eigenvalue weighted by Crippen LogP contribution is 2.20. The summed E-state index contributed by atoms with van der Waals surface area (Å²) in [5.41, 5.74) is 1.12. The van der Waals surface area contributed by atoms with Crippen LogP contribution in [0.4, 0.5) is 4.79 Å². The first-order valence-corrected chi connectivity index (χ1v) is 7.91. The van der Waals surface area contributed by atoms with Crippen molar-refractivity contribution in [2.75, 3.05) is 13.1 Å². The smallest absolute Gasteiger partial charge is 0.410 e. The normalized spacial score (nSPS) is 18.6. The van der Waals surface area contributed by atoms with Crippen LogP contribution in [0.2, 0.25) is 0 Å². The number of hydrogen-bond donors (Lipinski definition) is 1. The van der Waals surface area contributed by atoms with Crippen LogP contribution < -0.4 is 5.32 Å². The number of hydrogen-bond acceptors (Lipinski definition) is 5. The van der Waals surface area contributed by atoms with Gasteiger partial charge in [0.25, 0.3) is 5.91 Å². The van der Waals surface area contributed by atoms with Gasteiger partial charge in [0.05, 0.1) is 17.7 Å². The molecule has 6 nitrogen and oxygen atoms in total. The molecule has 1 N–H and O–H groups in total. The van der Waals surface area contributed by atoms with Gasteiger partial charge in [-0.1, -0.05) is 0 Å². The second-order valence-electron chi connectivity index (χ2n) is 6.05. The molecule has 0 aromatic carbocycles. The molecule has 2 amide bonds. The van der Waals surface area contributed by atoms with E-state index in [1.807, 2.05) is 20.8 Å². The van der Waals surface area contributed by atoms with Gasteiger partial charge in [0.15, 0.2) is 0 Å².